The lowest BCUT2D eigenvalue weighted by Gasteiger charge is -2.67. The number of rotatable bonds is 6. The Hall–Kier alpha value is -0.626. The van der Waals surface area contributed by atoms with Crippen molar-refractivity contribution in [3.63, 3.8) is 0 Å². The molecule has 5 heteroatoms. The van der Waals surface area contributed by atoms with Crippen LogP contribution in [0.1, 0.15) is 62.5 Å². The van der Waals surface area contributed by atoms with Crippen LogP contribution in [0.5, 0.6) is 5.75 Å². The van der Waals surface area contributed by atoms with E-state index in [2.05, 4.69) is 62.4 Å². The smallest absolute Gasteiger partial charge is 0.242 e. The molecule has 1 aliphatic heterocycles. The van der Waals surface area contributed by atoms with Gasteiger partial charge in [0.2, 0.25) is 8.32 Å². The van der Waals surface area contributed by atoms with Gasteiger partial charge in [-0.3, -0.25) is 4.90 Å². The largest absolute Gasteiger partial charge is 0.544 e. The van der Waals surface area contributed by atoms with E-state index in [9.17, 15) is 0 Å². The number of nitrogens with zero attached hydrogens (tertiary/aromatic N) is 1. The van der Waals surface area contributed by atoms with E-state index in [0.717, 1.165) is 18.1 Å². The van der Waals surface area contributed by atoms with Gasteiger partial charge in [0.15, 0.2) is 8.32 Å². The molecule has 32 heavy (non-hydrogen) atoms. The molecule has 0 spiro atoms. The lowest BCUT2D eigenvalue weighted by Crippen LogP contribution is -2.75. The van der Waals surface area contributed by atoms with E-state index in [1.165, 1.54) is 64.5 Å². The van der Waals surface area contributed by atoms with Crippen LogP contribution >= 0.6 is 0 Å². The second-order valence-electron chi connectivity index (χ2n) is 13.2. The zero-order chi connectivity index (χ0) is 22.8. The van der Waals surface area contributed by atoms with Crippen molar-refractivity contribution in [2.24, 2.45) is 5.92 Å². The second-order valence-corrected chi connectivity index (χ2v) is 22.0. The first-order valence-electron chi connectivity index (χ1n) is 13.3. The number of hydrogen-bond acceptors (Lipinski definition) is 3. The molecule has 178 valence electrons. The molecule has 2 bridgehead atoms. The van der Waals surface area contributed by atoms with Crippen LogP contribution in [0.4, 0.5) is 0 Å². The molecular weight excluding hydrogens is 426 g/mol. The summed E-state index contributed by atoms with van der Waals surface area (Å²) in [6, 6.07) is 7.67. The molecule has 2 saturated carbocycles. The number of piperidine rings is 1. The summed E-state index contributed by atoms with van der Waals surface area (Å²) >= 11 is 0. The molecule has 1 heterocycles. The Balaban J connectivity index is 1.61. The Morgan fingerprint density at radius 2 is 1.69 bits per heavy atom. The lowest BCUT2D eigenvalue weighted by molar-refractivity contribution is -0.157. The highest BCUT2D eigenvalue weighted by molar-refractivity contribution is 6.70. The van der Waals surface area contributed by atoms with Crippen LogP contribution in [-0.4, -0.2) is 46.3 Å². The summed E-state index contributed by atoms with van der Waals surface area (Å²) in [6.07, 6.45) is 11.9. The summed E-state index contributed by atoms with van der Waals surface area (Å²) in [5.74, 6) is 2.02. The fraction of sp³-hybridized carbons (Fsp3) is 0.778. The standard InChI is InChI=1S/C27H45NO2Si2/c1-31(2,3)29-23-13-12-22-18-25-27(30-32(4,5)6)15-8-7-14-26(27,24(22)19-23)16-17-28(25)20-21-10-9-11-21/h12-13,19,21,25H,7-11,14-18,20H2,1-6H3. The van der Waals surface area contributed by atoms with Crippen LogP contribution in [0.3, 0.4) is 0 Å². The van der Waals surface area contributed by atoms with Gasteiger partial charge in [-0.15, -0.1) is 0 Å². The molecule has 1 aromatic carbocycles. The van der Waals surface area contributed by atoms with Gasteiger partial charge in [-0.1, -0.05) is 25.3 Å². The van der Waals surface area contributed by atoms with Crippen LogP contribution in [0.2, 0.25) is 39.3 Å². The van der Waals surface area contributed by atoms with Crippen LogP contribution < -0.4 is 4.43 Å². The third-order valence-corrected chi connectivity index (χ3v) is 10.5. The summed E-state index contributed by atoms with van der Waals surface area (Å²) in [5.41, 5.74) is 3.32. The van der Waals surface area contributed by atoms with Crippen molar-refractivity contribution >= 4 is 16.6 Å². The Morgan fingerprint density at radius 1 is 0.938 bits per heavy atom. The van der Waals surface area contributed by atoms with Crippen molar-refractivity contribution in [1.82, 2.24) is 4.90 Å². The van der Waals surface area contributed by atoms with Gasteiger partial charge < -0.3 is 8.85 Å². The van der Waals surface area contributed by atoms with Crippen LogP contribution in [0, 0.1) is 5.92 Å². The molecule has 3 atom stereocenters. The third-order valence-electron chi connectivity index (χ3n) is 8.66. The maximum absolute atomic E-state index is 7.45. The van der Waals surface area contributed by atoms with E-state index in [1.54, 1.807) is 11.1 Å². The second kappa shape index (κ2) is 7.96. The normalized spacial score (nSPS) is 33.2. The van der Waals surface area contributed by atoms with E-state index < -0.39 is 16.6 Å². The molecule has 1 saturated heterocycles. The maximum atomic E-state index is 7.45. The quantitative estimate of drug-likeness (QED) is 0.429. The zero-order valence-corrected chi connectivity index (χ0v) is 23.4. The molecule has 0 aromatic heterocycles. The molecule has 0 N–H and O–H groups in total. The predicted molar refractivity (Wildman–Crippen MR) is 139 cm³/mol. The summed E-state index contributed by atoms with van der Waals surface area (Å²) in [4.78, 5) is 2.89. The fourth-order valence-corrected chi connectivity index (χ4v) is 9.82. The Kier molecular flexibility index (Phi) is 5.75. The first kappa shape index (κ1) is 23.1. The highest BCUT2D eigenvalue weighted by Crippen LogP contribution is 2.61. The Bertz CT molecular complexity index is 856. The van der Waals surface area contributed by atoms with Gasteiger partial charge in [0.25, 0.3) is 0 Å². The summed E-state index contributed by atoms with van der Waals surface area (Å²) in [6.45, 7) is 16.7. The topological polar surface area (TPSA) is 21.7 Å². The molecule has 0 amide bonds. The Morgan fingerprint density at radius 3 is 2.34 bits per heavy atom. The van der Waals surface area contributed by atoms with Crippen molar-refractivity contribution < 1.29 is 8.85 Å². The van der Waals surface area contributed by atoms with Gasteiger partial charge in [0.05, 0.1) is 5.60 Å². The zero-order valence-electron chi connectivity index (χ0n) is 21.4. The van der Waals surface area contributed by atoms with Gasteiger partial charge in [-0.05, 0) is 114 Å². The molecule has 3 fully saturated rings. The van der Waals surface area contributed by atoms with Crippen molar-refractivity contribution in [3.05, 3.63) is 29.3 Å². The van der Waals surface area contributed by atoms with Gasteiger partial charge in [-0.25, -0.2) is 0 Å². The first-order chi connectivity index (χ1) is 15.0. The van der Waals surface area contributed by atoms with E-state index in [0.29, 0.717) is 6.04 Å². The molecule has 3 nitrogen and oxygen atoms in total. The van der Waals surface area contributed by atoms with Crippen molar-refractivity contribution in [2.75, 3.05) is 13.1 Å². The minimum absolute atomic E-state index is 0.0114. The molecule has 5 rings (SSSR count). The summed E-state index contributed by atoms with van der Waals surface area (Å²) in [7, 11) is -3.36. The van der Waals surface area contributed by atoms with Crippen LogP contribution in [0.25, 0.3) is 0 Å². The molecule has 3 aliphatic carbocycles. The average molecular weight is 472 g/mol. The highest BCUT2D eigenvalue weighted by atomic mass is 28.4. The monoisotopic (exact) mass is 471 g/mol. The van der Waals surface area contributed by atoms with Crippen molar-refractivity contribution in [3.8, 4) is 5.75 Å². The van der Waals surface area contributed by atoms with Crippen LogP contribution in [0.15, 0.2) is 18.2 Å². The van der Waals surface area contributed by atoms with Crippen molar-refractivity contribution in [2.45, 2.75) is 114 Å². The maximum Gasteiger partial charge on any atom is 0.242 e. The highest BCUT2D eigenvalue weighted by Gasteiger charge is 2.65. The van der Waals surface area contributed by atoms with Gasteiger partial charge >= 0.3 is 0 Å². The molecule has 1 aromatic rings. The summed E-state index contributed by atoms with van der Waals surface area (Å²) < 4.78 is 14.0. The van der Waals surface area contributed by atoms with Crippen molar-refractivity contribution in [1.29, 1.82) is 0 Å². The lowest BCUT2D eigenvalue weighted by atomic mass is 9.49. The number of hydrogen-bond donors (Lipinski definition) is 0. The minimum Gasteiger partial charge on any atom is -0.544 e. The Labute approximate surface area is 198 Å². The summed E-state index contributed by atoms with van der Waals surface area (Å²) in [5, 5.41) is 0. The van der Waals surface area contributed by atoms with Gasteiger partial charge in [-0.2, -0.15) is 0 Å². The van der Waals surface area contributed by atoms with Gasteiger partial charge in [0, 0.05) is 18.0 Å². The fourth-order valence-electron chi connectivity index (χ4n) is 7.46. The van der Waals surface area contributed by atoms with E-state index in [-0.39, 0.29) is 11.0 Å². The number of likely N-dealkylation sites (tertiary alicyclic amines) is 1. The number of fused-ring (bicyclic) bond motifs is 1. The average Bonchev–Trinajstić information content (AvgIpc) is 2.63. The van der Waals surface area contributed by atoms with E-state index in [4.69, 9.17) is 8.85 Å². The molecule has 3 unspecified atom stereocenters. The SMILES string of the molecule is C[Si](C)(C)Oc1ccc2c(c1)C13CCCCC1(O[Si](C)(C)C)C(C2)N(CC1CCC1)CC3. The van der Waals surface area contributed by atoms with E-state index in [1.807, 2.05) is 0 Å². The first-order valence-corrected chi connectivity index (χ1v) is 20.1. The molecule has 4 aliphatic rings. The van der Waals surface area contributed by atoms with E-state index >= 15 is 0 Å². The number of benzene rings is 1. The predicted octanol–water partition coefficient (Wildman–Crippen LogP) is 6.73. The third kappa shape index (κ3) is 3.95. The van der Waals surface area contributed by atoms with Gasteiger partial charge in [0.1, 0.15) is 5.75 Å². The molecular formula is C27H45NO2Si2. The minimum atomic E-state index is -1.72. The van der Waals surface area contributed by atoms with Crippen LogP contribution in [-0.2, 0) is 16.3 Å². The molecule has 0 radical (unpaired) electrons.